The van der Waals surface area contributed by atoms with Gasteiger partial charge in [0.25, 0.3) is 5.56 Å². The minimum atomic E-state index is -0.349. The molecule has 0 saturated carbocycles. The first-order valence-electron chi connectivity index (χ1n) is 7.96. The molecular formula is C18H14Cl2N4O2S. The number of aryl methyl sites for hydroxylation is 1. The average Bonchev–Trinajstić information content (AvgIpc) is 3.06. The first kappa shape index (κ1) is 18.0. The Balaban J connectivity index is 1.72. The maximum Gasteiger partial charge on any atom is 0.330 e. The molecular weight excluding hydrogens is 407 g/mol. The van der Waals surface area contributed by atoms with Crippen molar-refractivity contribution in [3.05, 3.63) is 67.4 Å². The first-order valence-corrected chi connectivity index (χ1v) is 9.53. The van der Waals surface area contributed by atoms with E-state index in [4.69, 9.17) is 23.2 Å². The minimum Gasteiger partial charge on any atom is -0.358 e. The second-order valence-electron chi connectivity index (χ2n) is 6.07. The summed E-state index contributed by atoms with van der Waals surface area (Å²) in [6, 6.07) is 9.02. The lowest BCUT2D eigenvalue weighted by Crippen LogP contribution is -2.36. The Bertz CT molecular complexity index is 1320. The van der Waals surface area contributed by atoms with Crippen molar-refractivity contribution in [3.8, 4) is 0 Å². The number of benzene rings is 2. The van der Waals surface area contributed by atoms with E-state index in [1.54, 1.807) is 31.4 Å². The van der Waals surface area contributed by atoms with Crippen LogP contribution in [-0.2, 0) is 14.1 Å². The van der Waals surface area contributed by atoms with Crippen LogP contribution < -0.4 is 16.0 Å². The van der Waals surface area contributed by atoms with Gasteiger partial charge in [0.15, 0.2) is 0 Å². The number of halogens is 2. The minimum absolute atomic E-state index is 0.319. The molecule has 2 N–H and O–H groups in total. The lowest BCUT2D eigenvalue weighted by molar-refractivity contribution is 0.713. The number of fused-ring (bicyclic) bond motifs is 2. The van der Waals surface area contributed by atoms with Crippen LogP contribution in [0.4, 0.5) is 5.69 Å². The lowest BCUT2D eigenvalue weighted by Gasteiger charge is -2.10. The summed E-state index contributed by atoms with van der Waals surface area (Å²) in [5, 5.41) is 2.36. The molecule has 4 rings (SSSR count). The molecule has 4 aromatic rings. The number of anilines is 1. The van der Waals surface area contributed by atoms with Crippen molar-refractivity contribution in [2.24, 2.45) is 14.1 Å². The normalized spacial score (nSPS) is 11.4. The van der Waals surface area contributed by atoms with Gasteiger partial charge in [0.1, 0.15) is 0 Å². The maximum absolute atomic E-state index is 12.4. The van der Waals surface area contributed by atoms with Gasteiger partial charge in [-0.15, -0.1) is 0 Å². The second kappa shape index (κ2) is 6.67. The fraction of sp³-hybridized carbons (Fsp3) is 0.111. The first-order chi connectivity index (χ1) is 12.9. The molecule has 6 nitrogen and oxygen atoms in total. The van der Waals surface area contributed by atoms with Crippen LogP contribution in [-0.4, -0.2) is 14.1 Å². The molecule has 2 aromatic heterocycles. The highest BCUT2D eigenvalue weighted by atomic mass is 35.5. The average molecular weight is 421 g/mol. The summed E-state index contributed by atoms with van der Waals surface area (Å²) in [5.74, 6) is 0. The van der Waals surface area contributed by atoms with E-state index in [1.165, 1.54) is 23.6 Å². The van der Waals surface area contributed by atoms with E-state index in [2.05, 4.69) is 9.71 Å². The van der Waals surface area contributed by atoms with Crippen LogP contribution in [0.1, 0.15) is 0 Å². The zero-order chi connectivity index (χ0) is 19.3. The van der Waals surface area contributed by atoms with E-state index in [1.807, 2.05) is 12.1 Å². The number of hydrogen-bond donors (Lipinski definition) is 2. The second-order valence-corrected chi connectivity index (χ2v) is 7.76. The molecule has 27 heavy (non-hydrogen) atoms. The highest BCUT2D eigenvalue weighted by Gasteiger charge is 2.12. The van der Waals surface area contributed by atoms with Gasteiger partial charge in [-0.3, -0.25) is 13.9 Å². The van der Waals surface area contributed by atoms with Gasteiger partial charge in [0.05, 0.1) is 32.2 Å². The zero-order valence-corrected chi connectivity index (χ0v) is 16.7. The molecule has 138 valence electrons. The molecule has 0 unspecified atom stereocenters. The van der Waals surface area contributed by atoms with Crippen LogP contribution in [0.2, 0.25) is 10.0 Å². The van der Waals surface area contributed by atoms with Crippen LogP contribution in [0.15, 0.2) is 51.0 Å². The molecule has 0 aliphatic carbocycles. The van der Waals surface area contributed by atoms with Gasteiger partial charge in [0, 0.05) is 30.6 Å². The summed E-state index contributed by atoms with van der Waals surface area (Å²) in [5.41, 5.74) is 1.55. The Morgan fingerprint density at radius 2 is 1.81 bits per heavy atom. The van der Waals surface area contributed by atoms with Crippen molar-refractivity contribution < 1.29 is 0 Å². The standard InChI is InChI=1S/C18H14Cl2N4O2S/c1-23-14-6-3-9(7-10(14)17(25)24(2)18(23)26)27-22-13-5-4-11(19)15-12(20)8-21-16(13)15/h3-8,21-22H,1-2H3. The van der Waals surface area contributed by atoms with Crippen molar-refractivity contribution in [2.45, 2.75) is 4.90 Å². The van der Waals surface area contributed by atoms with E-state index in [0.29, 0.717) is 20.9 Å². The van der Waals surface area contributed by atoms with Gasteiger partial charge < -0.3 is 9.71 Å². The topological polar surface area (TPSA) is 71.8 Å². The third-order valence-corrected chi connectivity index (χ3v) is 5.88. The number of rotatable bonds is 3. The van der Waals surface area contributed by atoms with E-state index >= 15 is 0 Å². The van der Waals surface area contributed by atoms with E-state index in [0.717, 1.165) is 26.1 Å². The van der Waals surface area contributed by atoms with Gasteiger partial charge in [0.2, 0.25) is 0 Å². The smallest absolute Gasteiger partial charge is 0.330 e. The van der Waals surface area contributed by atoms with Gasteiger partial charge in [-0.2, -0.15) is 0 Å². The highest BCUT2D eigenvalue weighted by Crippen LogP contribution is 2.36. The molecule has 0 fully saturated rings. The summed E-state index contributed by atoms with van der Waals surface area (Å²) in [7, 11) is 3.12. The van der Waals surface area contributed by atoms with Crippen LogP contribution in [0.5, 0.6) is 0 Å². The predicted octanol–water partition coefficient (Wildman–Crippen LogP) is 4.14. The number of aromatic nitrogens is 3. The Hall–Kier alpha value is -2.35. The SMILES string of the molecule is Cn1c(=O)c2cc(SNc3ccc(Cl)c4c(Cl)c[nH]c34)ccc2n(C)c1=O. The van der Waals surface area contributed by atoms with Crippen LogP contribution in [0.25, 0.3) is 21.8 Å². The highest BCUT2D eigenvalue weighted by molar-refractivity contribution is 8.00. The molecule has 9 heteroatoms. The molecule has 0 saturated heterocycles. The van der Waals surface area contributed by atoms with Crippen molar-refractivity contribution >= 4 is 62.6 Å². The predicted molar refractivity (Wildman–Crippen MR) is 112 cm³/mol. The quantitative estimate of drug-likeness (QED) is 0.488. The summed E-state index contributed by atoms with van der Waals surface area (Å²) in [6.07, 6.45) is 1.69. The molecule has 0 radical (unpaired) electrons. The maximum atomic E-state index is 12.4. The molecule has 2 aromatic carbocycles. The Morgan fingerprint density at radius 3 is 2.59 bits per heavy atom. The fourth-order valence-corrected chi connectivity index (χ4v) is 4.27. The van der Waals surface area contributed by atoms with Crippen molar-refractivity contribution in [3.63, 3.8) is 0 Å². The number of hydrogen-bond acceptors (Lipinski definition) is 4. The van der Waals surface area contributed by atoms with Crippen molar-refractivity contribution in [1.82, 2.24) is 14.1 Å². The Kier molecular flexibility index (Phi) is 4.46. The summed E-state index contributed by atoms with van der Waals surface area (Å²) < 4.78 is 5.83. The third-order valence-electron chi connectivity index (χ3n) is 4.45. The van der Waals surface area contributed by atoms with Crippen LogP contribution in [0, 0.1) is 0 Å². The third kappa shape index (κ3) is 2.92. The molecule has 2 heterocycles. The van der Waals surface area contributed by atoms with Gasteiger partial charge in [-0.1, -0.05) is 23.2 Å². The molecule has 0 aliphatic heterocycles. The summed E-state index contributed by atoms with van der Waals surface area (Å²) in [4.78, 5) is 28.4. The fourth-order valence-electron chi connectivity index (χ4n) is 3.01. The lowest BCUT2D eigenvalue weighted by atomic mass is 10.2. The number of nitrogens with one attached hydrogen (secondary N) is 2. The molecule has 0 bridgehead atoms. The molecule has 0 aliphatic rings. The number of nitrogens with zero attached hydrogens (tertiary/aromatic N) is 2. The number of aromatic amines is 1. The molecule has 0 spiro atoms. The van der Waals surface area contributed by atoms with E-state index in [9.17, 15) is 9.59 Å². The number of H-pyrrole nitrogens is 1. The van der Waals surface area contributed by atoms with Gasteiger partial charge in [-0.25, -0.2) is 4.79 Å². The van der Waals surface area contributed by atoms with E-state index < -0.39 is 0 Å². The van der Waals surface area contributed by atoms with Gasteiger partial charge in [-0.05, 0) is 42.3 Å². The van der Waals surface area contributed by atoms with Gasteiger partial charge >= 0.3 is 5.69 Å². The van der Waals surface area contributed by atoms with Crippen molar-refractivity contribution in [2.75, 3.05) is 4.72 Å². The molecule has 0 amide bonds. The molecule has 0 atom stereocenters. The summed E-state index contributed by atoms with van der Waals surface area (Å²) >= 11 is 13.7. The monoisotopic (exact) mass is 420 g/mol. The van der Waals surface area contributed by atoms with E-state index in [-0.39, 0.29) is 11.2 Å². The van der Waals surface area contributed by atoms with Crippen molar-refractivity contribution in [1.29, 1.82) is 0 Å². The van der Waals surface area contributed by atoms with Crippen LogP contribution >= 0.6 is 35.1 Å². The zero-order valence-electron chi connectivity index (χ0n) is 14.3. The Morgan fingerprint density at radius 1 is 1.04 bits per heavy atom. The summed E-state index contributed by atoms with van der Waals surface area (Å²) in [6.45, 7) is 0. The largest absolute Gasteiger partial charge is 0.358 e. The Labute approximate surface area is 167 Å². The van der Waals surface area contributed by atoms with Crippen LogP contribution in [0.3, 0.4) is 0 Å².